The Labute approximate surface area is 127 Å². The molecule has 0 fully saturated rings. The minimum atomic E-state index is -0.610. The highest BCUT2D eigenvalue weighted by Gasteiger charge is 2.14. The van der Waals surface area contributed by atoms with E-state index in [1.807, 2.05) is 30.3 Å². The summed E-state index contributed by atoms with van der Waals surface area (Å²) in [6.45, 7) is 0. The lowest BCUT2D eigenvalue weighted by Crippen LogP contribution is -2.16. The molecule has 2 aliphatic rings. The molecule has 22 heavy (non-hydrogen) atoms. The van der Waals surface area contributed by atoms with Crippen LogP contribution in [0.4, 0.5) is 5.69 Å². The van der Waals surface area contributed by atoms with Crippen LogP contribution in [-0.2, 0) is 14.3 Å². The second-order valence-corrected chi connectivity index (χ2v) is 4.76. The van der Waals surface area contributed by atoms with Crippen LogP contribution in [0.5, 0.6) is 0 Å². The first-order chi connectivity index (χ1) is 10.6. The van der Waals surface area contributed by atoms with Crippen LogP contribution in [0.1, 0.15) is 5.56 Å². The third kappa shape index (κ3) is 2.78. The highest BCUT2D eigenvalue weighted by atomic mass is 16.5. The van der Waals surface area contributed by atoms with Gasteiger partial charge in [-0.05, 0) is 59.7 Å². The van der Waals surface area contributed by atoms with Crippen LogP contribution < -0.4 is 11.5 Å². The molecule has 1 amide bonds. The molecule has 2 aliphatic heterocycles. The van der Waals surface area contributed by atoms with Gasteiger partial charge in [0.05, 0.1) is 12.5 Å². The maximum Gasteiger partial charge on any atom is 0.284 e. The predicted octanol–water partition coefficient (Wildman–Crippen LogP) is 2.36. The van der Waals surface area contributed by atoms with Gasteiger partial charge in [-0.15, -0.1) is 0 Å². The van der Waals surface area contributed by atoms with Crippen LogP contribution in [-0.4, -0.2) is 5.91 Å². The van der Waals surface area contributed by atoms with E-state index in [1.165, 1.54) is 6.26 Å². The summed E-state index contributed by atoms with van der Waals surface area (Å²) in [6, 6.07) is 7.38. The van der Waals surface area contributed by atoms with E-state index >= 15 is 0 Å². The number of nitrogen functional groups attached to an aromatic ring is 1. The lowest BCUT2D eigenvalue weighted by molar-refractivity contribution is -0.117. The molecule has 0 radical (unpaired) electrons. The molecule has 1 aromatic carbocycles. The summed E-state index contributed by atoms with van der Waals surface area (Å²) < 4.78 is 10.6. The van der Waals surface area contributed by atoms with Gasteiger partial charge in [0, 0.05) is 11.3 Å². The number of carbonyl (C=O) groups excluding carboxylic acids is 1. The molecule has 3 rings (SSSR count). The van der Waals surface area contributed by atoms with Crippen molar-refractivity contribution in [3.63, 3.8) is 0 Å². The average molecular weight is 294 g/mol. The first-order valence-electron chi connectivity index (χ1n) is 6.63. The molecule has 110 valence electrons. The first kappa shape index (κ1) is 13.8. The zero-order valence-electron chi connectivity index (χ0n) is 11.7. The molecule has 5 heteroatoms. The number of anilines is 1. The van der Waals surface area contributed by atoms with Crippen LogP contribution in [0.25, 0.3) is 5.76 Å². The maximum absolute atomic E-state index is 11.2. The monoisotopic (exact) mass is 294 g/mol. The topological polar surface area (TPSA) is 87.6 Å². The fraction of sp³-hybridized carbons (Fsp3) is 0. The van der Waals surface area contributed by atoms with Gasteiger partial charge in [-0.25, -0.2) is 0 Å². The third-order valence-corrected chi connectivity index (χ3v) is 3.23. The number of rotatable bonds is 2. The lowest BCUT2D eigenvalue weighted by atomic mass is 10.0. The lowest BCUT2D eigenvalue weighted by Gasteiger charge is -2.15. The van der Waals surface area contributed by atoms with Gasteiger partial charge in [-0.2, -0.15) is 0 Å². The molecule has 0 saturated carbocycles. The van der Waals surface area contributed by atoms with Crippen molar-refractivity contribution in [3.8, 4) is 0 Å². The second-order valence-electron chi connectivity index (χ2n) is 4.76. The molecular formula is C17H14N2O3. The van der Waals surface area contributed by atoms with E-state index in [-0.39, 0.29) is 5.76 Å². The van der Waals surface area contributed by atoms with E-state index in [0.717, 1.165) is 16.7 Å². The van der Waals surface area contributed by atoms with E-state index in [2.05, 4.69) is 0 Å². The molecule has 0 bridgehead atoms. The Bertz CT molecular complexity index is 766. The number of nitrogens with two attached hydrogens (primary N) is 2. The van der Waals surface area contributed by atoms with Gasteiger partial charge in [0.2, 0.25) is 0 Å². The van der Waals surface area contributed by atoms with E-state index < -0.39 is 5.91 Å². The second kappa shape index (κ2) is 5.65. The molecule has 0 atom stereocenters. The molecule has 5 nitrogen and oxygen atoms in total. The average Bonchev–Trinajstić information content (AvgIpc) is 2.56. The number of hydrogen-bond acceptors (Lipinski definition) is 4. The standard InChI is InChI=1S/C17H14N2O3/c18-14-3-1-11(2-4-14)15-9-12(5-7-21-15)13-6-8-22-16(10-13)17(19)20/h1-10H,18H2,(H2,19,20). The molecule has 0 unspecified atom stereocenters. The van der Waals surface area contributed by atoms with Gasteiger partial charge < -0.3 is 20.9 Å². The number of benzene rings is 1. The zero-order chi connectivity index (χ0) is 15.5. The highest BCUT2D eigenvalue weighted by molar-refractivity contribution is 5.91. The minimum absolute atomic E-state index is 0.104. The minimum Gasteiger partial charge on any atom is -0.464 e. The number of allylic oxidation sites excluding steroid dienone is 6. The molecule has 0 saturated heterocycles. The van der Waals surface area contributed by atoms with E-state index in [4.69, 9.17) is 20.9 Å². The van der Waals surface area contributed by atoms with Gasteiger partial charge >= 0.3 is 0 Å². The van der Waals surface area contributed by atoms with Crippen LogP contribution in [0.3, 0.4) is 0 Å². The first-order valence-corrected chi connectivity index (χ1v) is 6.63. The normalized spacial score (nSPS) is 19.8. The van der Waals surface area contributed by atoms with Crippen molar-refractivity contribution in [2.24, 2.45) is 5.73 Å². The molecule has 1 aromatic rings. The third-order valence-electron chi connectivity index (χ3n) is 3.23. The van der Waals surface area contributed by atoms with Gasteiger partial charge in [0.1, 0.15) is 5.76 Å². The number of amides is 1. The van der Waals surface area contributed by atoms with E-state index in [9.17, 15) is 4.79 Å². The SMILES string of the molecule is NC(=O)C1=CC(=C2C=COC(c3ccc(N)cc3)=C2)C=CO1. The van der Waals surface area contributed by atoms with Gasteiger partial charge in [-0.1, -0.05) is 0 Å². The summed E-state index contributed by atoms with van der Waals surface area (Å²) in [5, 5.41) is 0. The Morgan fingerprint density at radius 2 is 1.55 bits per heavy atom. The number of ether oxygens (including phenoxy) is 2. The fourth-order valence-electron chi connectivity index (χ4n) is 2.10. The van der Waals surface area contributed by atoms with Crippen molar-refractivity contribution < 1.29 is 14.3 Å². The summed E-state index contributed by atoms with van der Waals surface area (Å²) in [5.74, 6) is 0.187. The number of hydrogen-bond donors (Lipinski definition) is 2. The van der Waals surface area contributed by atoms with Crippen molar-refractivity contribution >= 4 is 17.4 Å². The van der Waals surface area contributed by atoms with Crippen LogP contribution in [0, 0.1) is 0 Å². The van der Waals surface area contributed by atoms with Crippen molar-refractivity contribution in [1.82, 2.24) is 0 Å². The smallest absolute Gasteiger partial charge is 0.284 e. The Hall–Kier alpha value is -3.21. The maximum atomic E-state index is 11.2. The molecule has 2 heterocycles. The van der Waals surface area contributed by atoms with Crippen molar-refractivity contribution in [1.29, 1.82) is 0 Å². The van der Waals surface area contributed by atoms with Crippen LogP contribution in [0.15, 0.2) is 78.0 Å². The number of primary amides is 1. The summed E-state index contributed by atoms with van der Waals surface area (Å²) in [5.41, 5.74) is 14.2. The Morgan fingerprint density at radius 3 is 2.23 bits per heavy atom. The van der Waals surface area contributed by atoms with Crippen LogP contribution in [0.2, 0.25) is 0 Å². The van der Waals surface area contributed by atoms with Crippen molar-refractivity contribution in [3.05, 3.63) is 83.6 Å². The molecule has 0 spiro atoms. The van der Waals surface area contributed by atoms with Gasteiger partial charge in [0.15, 0.2) is 5.76 Å². The van der Waals surface area contributed by atoms with Crippen molar-refractivity contribution in [2.45, 2.75) is 0 Å². The largest absolute Gasteiger partial charge is 0.464 e. The quantitative estimate of drug-likeness (QED) is 0.820. The van der Waals surface area contributed by atoms with Gasteiger partial charge in [-0.3, -0.25) is 4.79 Å². The Balaban J connectivity index is 1.99. The zero-order valence-corrected chi connectivity index (χ0v) is 11.7. The Kier molecular flexibility index (Phi) is 3.53. The Morgan fingerprint density at radius 1 is 0.909 bits per heavy atom. The van der Waals surface area contributed by atoms with Crippen molar-refractivity contribution in [2.75, 3.05) is 5.73 Å². The summed E-state index contributed by atoms with van der Waals surface area (Å²) in [6.07, 6.45) is 10.1. The number of carbonyl (C=O) groups is 1. The predicted molar refractivity (Wildman–Crippen MR) is 83.6 cm³/mol. The molecule has 0 aliphatic carbocycles. The van der Waals surface area contributed by atoms with E-state index in [1.54, 1.807) is 24.5 Å². The highest BCUT2D eigenvalue weighted by Crippen LogP contribution is 2.27. The summed E-state index contributed by atoms with van der Waals surface area (Å²) in [4.78, 5) is 11.2. The molecule has 4 N–H and O–H groups in total. The fourth-order valence-corrected chi connectivity index (χ4v) is 2.10. The molecular weight excluding hydrogens is 280 g/mol. The molecule has 0 aromatic heterocycles. The summed E-state index contributed by atoms with van der Waals surface area (Å²) in [7, 11) is 0. The van der Waals surface area contributed by atoms with Gasteiger partial charge in [0.25, 0.3) is 5.91 Å². The summed E-state index contributed by atoms with van der Waals surface area (Å²) >= 11 is 0. The van der Waals surface area contributed by atoms with E-state index in [0.29, 0.717) is 11.4 Å². The van der Waals surface area contributed by atoms with Crippen LogP contribution >= 0.6 is 0 Å².